The molecule has 0 spiro atoms. The highest BCUT2D eigenvalue weighted by atomic mass is 32.1. The number of rotatable bonds is 1. The van der Waals surface area contributed by atoms with Gasteiger partial charge in [0.05, 0.1) is 18.2 Å². The molecule has 1 fully saturated rings. The summed E-state index contributed by atoms with van der Waals surface area (Å²) in [5, 5.41) is 1.94. The van der Waals surface area contributed by atoms with Crippen molar-refractivity contribution in [3.63, 3.8) is 0 Å². The molecule has 1 saturated carbocycles. The molecule has 3 nitrogen and oxygen atoms in total. The topological polar surface area (TPSA) is 37.4 Å². The number of nitrogens with zero attached hydrogens (tertiary/aromatic N) is 1. The lowest BCUT2D eigenvalue weighted by molar-refractivity contribution is -0.122. The summed E-state index contributed by atoms with van der Waals surface area (Å²) in [7, 11) is 0. The number of amides is 1. The van der Waals surface area contributed by atoms with E-state index in [-0.39, 0.29) is 17.7 Å². The Bertz CT molecular complexity index is 532. The quantitative estimate of drug-likeness (QED) is 0.576. The van der Waals surface area contributed by atoms with Gasteiger partial charge in [-0.15, -0.1) is 11.3 Å². The minimum atomic E-state index is -0.239. The van der Waals surface area contributed by atoms with E-state index in [1.54, 1.807) is 16.2 Å². The maximum Gasteiger partial charge on any atom is 0.255 e. The highest BCUT2D eigenvalue weighted by molar-refractivity contribution is 7.10. The van der Waals surface area contributed by atoms with E-state index in [2.05, 4.69) is 6.58 Å². The lowest BCUT2D eigenvalue weighted by atomic mass is 10.1. The highest BCUT2D eigenvalue weighted by Gasteiger charge is 2.37. The smallest absolute Gasteiger partial charge is 0.255 e. The van der Waals surface area contributed by atoms with Gasteiger partial charge in [-0.2, -0.15) is 0 Å². The zero-order chi connectivity index (χ0) is 12.7. The number of hydrogen-bond acceptors (Lipinski definition) is 3. The van der Waals surface area contributed by atoms with Crippen molar-refractivity contribution in [1.82, 2.24) is 4.90 Å². The third-order valence-electron chi connectivity index (χ3n) is 3.73. The van der Waals surface area contributed by atoms with Crippen molar-refractivity contribution in [3.05, 3.63) is 34.0 Å². The molecule has 2 heterocycles. The highest BCUT2D eigenvalue weighted by Crippen LogP contribution is 2.32. The summed E-state index contributed by atoms with van der Waals surface area (Å²) in [6, 6.07) is 1.62. The molecule has 2 aliphatic rings. The zero-order valence-electron chi connectivity index (χ0n) is 10.1. The van der Waals surface area contributed by atoms with Crippen molar-refractivity contribution in [2.24, 2.45) is 0 Å². The van der Waals surface area contributed by atoms with E-state index in [1.165, 1.54) is 0 Å². The minimum absolute atomic E-state index is 0.0251. The van der Waals surface area contributed by atoms with Gasteiger partial charge in [-0.3, -0.25) is 9.59 Å². The largest absolute Gasteiger partial charge is 0.323 e. The Morgan fingerprint density at radius 1 is 1.39 bits per heavy atom. The van der Waals surface area contributed by atoms with Crippen LogP contribution in [0.1, 0.15) is 40.9 Å². The molecular weight excluding hydrogens is 246 g/mol. The van der Waals surface area contributed by atoms with Gasteiger partial charge in [-0.25, -0.2) is 0 Å². The first-order valence-corrected chi connectivity index (χ1v) is 7.11. The molecule has 0 saturated heterocycles. The lowest BCUT2D eigenvalue weighted by Crippen LogP contribution is -2.40. The van der Waals surface area contributed by atoms with Crippen LogP contribution in [0.5, 0.6) is 0 Å². The Balaban J connectivity index is 1.84. The molecule has 1 aromatic rings. The number of allylic oxidation sites excluding steroid dienone is 1. The summed E-state index contributed by atoms with van der Waals surface area (Å²) in [4.78, 5) is 27.3. The number of thiophene rings is 1. The zero-order valence-corrected chi connectivity index (χ0v) is 11.0. The number of ketones is 1. The summed E-state index contributed by atoms with van der Waals surface area (Å²) in [6.07, 6.45) is 3.07. The van der Waals surface area contributed by atoms with Crippen LogP contribution in [0.3, 0.4) is 0 Å². The first kappa shape index (κ1) is 11.7. The van der Waals surface area contributed by atoms with E-state index in [1.807, 2.05) is 11.4 Å². The molecule has 1 atom stereocenters. The number of Topliss-reactive ketones (excluding diaryl/α,β-unsaturated/α-hetero) is 1. The molecule has 0 aromatic carbocycles. The van der Waals surface area contributed by atoms with Gasteiger partial charge in [-0.1, -0.05) is 12.2 Å². The van der Waals surface area contributed by atoms with Crippen molar-refractivity contribution < 1.29 is 9.59 Å². The fourth-order valence-corrected chi connectivity index (χ4v) is 3.64. The van der Waals surface area contributed by atoms with Crippen LogP contribution in [0.25, 0.3) is 0 Å². The summed E-state index contributed by atoms with van der Waals surface area (Å²) in [5.74, 6) is 0.179. The van der Waals surface area contributed by atoms with Crippen LogP contribution < -0.4 is 0 Å². The molecule has 94 valence electrons. The molecular formula is C14H15NO2S. The number of carbonyl (C=O) groups is 2. The van der Waals surface area contributed by atoms with Crippen molar-refractivity contribution in [2.75, 3.05) is 0 Å². The van der Waals surface area contributed by atoms with Crippen LogP contribution >= 0.6 is 11.3 Å². The van der Waals surface area contributed by atoms with Gasteiger partial charge < -0.3 is 4.90 Å². The van der Waals surface area contributed by atoms with Crippen LogP contribution in [-0.2, 0) is 11.3 Å². The molecule has 3 rings (SSSR count). The molecule has 18 heavy (non-hydrogen) atoms. The Morgan fingerprint density at radius 3 is 3.00 bits per heavy atom. The van der Waals surface area contributed by atoms with Gasteiger partial charge in [0.1, 0.15) is 0 Å². The van der Waals surface area contributed by atoms with E-state index >= 15 is 0 Å². The number of fused-ring (bicyclic) bond motifs is 1. The second-order valence-electron chi connectivity index (χ2n) is 4.99. The molecule has 1 unspecified atom stereocenters. The van der Waals surface area contributed by atoms with E-state index in [9.17, 15) is 9.59 Å². The normalized spacial score (nSPS) is 24.3. The van der Waals surface area contributed by atoms with Gasteiger partial charge in [0.2, 0.25) is 0 Å². The van der Waals surface area contributed by atoms with Crippen molar-refractivity contribution in [1.29, 1.82) is 0 Å². The Morgan fingerprint density at radius 2 is 2.22 bits per heavy atom. The van der Waals surface area contributed by atoms with Gasteiger partial charge in [0, 0.05) is 11.3 Å². The molecule has 0 N–H and O–H groups in total. The Kier molecular flexibility index (Phi) is 2.82. The molecule has 0 bridgehead atoms. The van der Waals surface area contributed by atoms with Gasteiger partial charge in [0.15, 0.2) is 5.78 Å². The predicted molar refractivity (Wildman–Crippen MR) is 70.6 cm³/mol. The second kappa shape index (κ2) is 4.35. The fourth-order valence-electron chi connectivity index (χ4n) is 2.78. The van der Waals surface area contributed by atoms with Gasteiger partial charge >= 0.3 is 0 Å². The van der Waals surface area contributed by atoms with Gasteiger partial charge in [-0.05, 0) is 30.7 Å². The fraction of sp³-hybridized carbons (Fsp3) is 0.429. The molecule has 1 amide bonds. The summed E-state index contributed by atoms with van der Waals surface area (Å²) in [5.41, 5.74) is 1.79. The van der Waals surface area contributed by atoms with Crippen LogP contribution in [0.2, 0.25) is 0 Å². The van der Waals surface area contributed by atoms with Crippen LogP contribution in [0.4, 0.5) is 0 Å². The number of carbonyl (C=O) groups excluding carboxylic acids is 2. The minimum Gasteiger partial charge on any atom is -0.323 e. The van der Waals surface area contributed by atoms with E-state index < -0.39 is 0 Å². The van der Waals surface area contributed by atoms with E-state index in [4.69, 9.17) is 0 Å². The summed E-state index contributed by atoms with van der Waals surface area (Å²) in [6.45, 7) is 4.52. The van der Waals surface area contributed by atoms with Crippen LogP contribution in [0, 0.1) is 0 Å². The SMILES string of the molecule is C=C1CCCC(N2Cc3sccc3C2=O)C(=O)C1. The average molecular weight is 261 g/mol. The van der Waals surface area contributed by atoms with Crippen LogP contribution in [-0.4, -0.2) is 22.6 Å². The molecule has 1 aromatic heterocycles. The van der Waals surface area contributed by atoms with E-state index in [0.717, 1.165) is 35.3 Å². The van der Waals surface area contributed by atoms with Crippen LogP contribution in [0.15, 0.2) is 23.6 Å². The predicted octanol–water partition coefficient (Wildman–Crippen LogP) is 2.77. The number of hydrogen-bond donors (Lipinski definition) is 0. The molecule has 0 radical (unpaired) electrons. The monoisotopic (exact) mass is 261 g/mol. The average Bonchev–Trinajstić information content (AvgIpc) is 2.84. The Labute approximate surface area is 110 Å². The lowest BCUT2D eigenvalue weighted by Gasteiger charge is -2.25. The van der Waals surface area contributed by atoms with Gasteiger partial charge in [0.25, 0.3) is 5.91 Å². The second-order valence-corrected chi connectivity index (χ2v) is 5.99. The molecule has 1 aliphatic heterocycles. The molecule has 1 aliphatic carbocycles. The third-order valence-corrected chi connectivity index (χ3v) is 4.64. The Hall–Kier alpha value is -1.42. The third kappa shape index (κ3) is 1.81. The summed E-state index contributed by atoms with van der Waals surface area (Å²) >= 11 is 1.60. The first-order valence-electron chi connectivity index (χ1n) is 6.23. The van der Waals surface area contributed by atoms with Crippen molar-refractivity contribution in [3.8, 4) is 0 Å². The maximum absolute atomic E-state index is 12.3. The summed E-state index contributed by atoms with van der Waals surface area (Å²) < 4.78 is 0. The molecule has 4 heteroatoms. The standard InChI is InChI=1S/C14H15NO2S/c1-9-3-2-4-11(12(16)7-9)15-8-13-10(14(15)17)5-6-18-13/h5-6,11H,1-4,7-8H2. The maximum atomic E-state index is 12.3. The van der Waals surface area contributed by atoms with E-state index in [0.29, 0.717) is 13.0 Å². The first-order chi connectivity index (χ1) is 8.66. The van der Waals surface area contributed by atoms with Crippen molar-refractivity contribution >= 4 is 23.0 Å². The van der Waals surface area contributed by atoms with Crippen molar-refractivity contribution in [2.45, 2.75) is 38.3 Å².